The van der Waals surface area contributed by atoms with Gasteiger partial charge in [0.25, 0.3) is 0 Å². The van der Waals surface area contributed by atoms with E-state index in [-0.39, 0.29) is 6.29 Å². The summed E-state index contributed by atoms with van der Waals surface area (Å²) in [5.41, 5.74) is 1.52. The van der Waals surface area contributed by atoms with Crippen LogP contribution in [0.15, 0.2) is 24.3 Å². The van der Waals surface area contributed by atoms with Gasteiger partial charge in [0.15, 0.2) is 0 Å². The summed E-state index contributed by atoms with van der Waals surface area (Å²) in [7, 11) is 0. The van der Waals surface area contributed by atoms with Crippen LogP contribution in [0.1, 0.15) is 88.5 Å². The Balaban J connectivity index is 1.40. The second kappa shape index (κ2) is 11.0. The second-order valence-corrected chi connectivity index (χ2v) is 18.0. The minimum Gasteiger partial charge on any atom is -0.0527 e. The molecule has 3 heteroatoms. The van der Waals surface area contributed by atoms with Crippen molar-refractivity contribution >= 4 is 19.8 Å². The zero-order valence-electron chi connectivity index (χ0n) is 21.4. The van der Waals surface area contributed by atoms with E-state index in [2.05, 4.69) is 61.8 Å². The molecule has 0 radical (unpaired) electrons. The SMILES string of the molecule is CC(C)CCC(Oc1ccc(C(CC(C)C)I(C)C)cc1)OC1CC2CC1C1CCCC21. The molecule has 182 valence electrons. The molecule has 4 rings (SSSR count). The first-order chi connectivity index (χ1) is 15.3. The van der Waals surface area contributed by atoms with Crippen LogP contribution >= 0.6 is 19.8 Å². The first-order valence-electron chi connectivity index (χ1n) is 13.2. The van der Waals surface area contributed by atoms with Crippen LogP contribution in [-0.2, 0) is 4.74 Å². The molecule has 32 heavy (non-hydrogen) atoms. The summed E-state index contributed by atoms with van der Waals surface area (Å²) in [5.74, 6) is 6.12. The summed E-state index contributed by atoms with van der Waals surface area (Å²) < 4.78 is 14.0. The van der Waals surface area contributed by atoms with E-state index in [0.717, 1.165) is 52.1 Å². The van der Waals surface area contributed by atoms with Crippen LogP contribution in [0.4, 0.5) is 0 Å². The Morgan fingerprint density at radius 2 is 1.59 bits per heavy atom. The van der Waals surface area contributed by atoms with E-state index in [1.165, 1.54) is 44.1 Å². The molecule has 0 heterocycles. The molecule has 0 amide bonds. The van der Waals surface area contributed by atoms with Gasteiger partial charge >= 0.3 is 193 Å². The molecule has 0 spiro atoms. The van der Waals surface area contributed by atoms with Crippen LogP contribution in [0.3, 0.4) is 0 Å². The molecule has 2 nitrogen and oxygen atoms in total. The van der Waals surface area contributed by atoms with Gasteiger partial charge in [-0.25, -0.2) is 0 Å². The van der Waals surface area contributed by atoms with Gasteiger partial charge in [-0.1, -0.05) is 6.42 Å². The van der Waals surface area contributed by atoms with Gasteiger partial charge in [-0.05, 0) is 6.42 Å². The van der Waals surface area contributed by atoms with E-state index < -0.39 is 19.8 Å². The summed E-state index contributed by atoms with van der Waals surface area (Å²) in [4.78, 5) is 5.00. The average Bonchev–Trinajstić information content (AvgIpc) is 3.44. The summed E-state index contributed by atoms with van der Waals surface area (Å²) in [6, 6.07) is 9.09. The van der Waals surface area contributed by atoms with Crippen molar-refractivity contribution < 1.29 is 9.47 Å². The number of alkyl halides is 3. The van der Waals surface area contributed by atoms with Crippen LogP contribution in [0.2, 0.25) is 0 Å². The number of ether oxygens (including phenoxy) is 2. The van der Waals surface area contributed by atoms with Crippen LogP contribution < -0.4 is 4.74 Å². The van der Waals surface area contributed by atoms with Gasteiger partial charge in [-0.3, -0.25) is 0 Å². The van der Waals surface area contributed by atoms with Crippen molar-refractivity contribution in [1.29, 1.82) is 0 Å². The number of hydrogen-bond donors (Lipinski definition) is 0. The predicted octanol–water partition coefficient (Wildman–Crippen LogP) is 8.52. The van der Waals surface area contributed by atoms with Gasteiger partial charge in [-0.15, -0.1) is 0 Å². The number of benzene rings is 1. The van der Waals surface area contributed by atoms with Gasteiger partial charge in [0.05, 0.1) is 0 Å². The summed E-state index contributed by atoms with van der Waals surface area (Å²) >= 11 is -0.917. The fourth-order valence-corrected chi connectivity index (χ4v) is 10.8. The minimum atomic E-state index is -0.917. The third-order valence-corrected chi connectivity index (χ3v) is 12.6. The minimum absolute atomic E-state index is 0.0976. The molecule has 7 atom stereocenters. The quantitative estimate of drug-likeness (QED) is 0.155. The Hall–Kier alpha value is -0.290. The fourth-order valence-electron chi connectivity index (χ4n) is 6.87. The average molecular weight is 555 g/mol. The van der Waals surface area contributed by atoms with Gasteiger partial charge in [0.1, 0.15) is 0 Å². The topological polar surface area (TPSA) is 18.5 Å². The van der Waals surface area contributed by atoms with Gasteiger partial charge in [0, 0.05) is 0 Å². The maximum atomic E-state index is 6.76. The third kappa shape index (κ3) is 5.85. The summed E-state index contributed by atoms with van der Waals surface area (Å²) in [6.07, 6.45) is 10.9. The van der Waals surface area contributed by atoms with Crippen molar-refractivity contribution in [3.63, 3.8) is 0 Å². The monoisotopic (exact) mass is 554 g/mol. The Kier molecular flexibility index (Phi) is 8.51. The van der Waals surface area contributed by atoms with Gasteiger partial charge < -0.3 is 0 Å². The number of halogens is 1. The van der Waals surface area contributed by atoms with Crippen LogP contribution in [0, 0.1) is 35.5 Å². The first-order valence-corrected chi connectivity index (χ1v) is 18.8. The zero-order valence-corrected chi connectivity index (χ0v) is 23.5. The molecule has 0 saturated heterocycles. The van der Waals surface area contributed by atoms with Crippen molar-refractivity contribution in [2.24, 2.45) is 35.5 Å². The van der Waals surface area contributed by atoms with E-state index >= 15 is 0 Å². The molecule has 1 aromatic carbocycles. The third-order valence-electron chi connectivity index (χ3n) is 8.39. The Labute approximate surface area is 205 Å². The van der Waals surface area contributed by atoms with Gasteiger partial charge in [-0.2, -0.15) is 0 Å². The molecule has 7 unspecified atom stereocenters. The number of rotatable bonds is 11. The molecule has 0 N–H and O–H groups in total. The van der Waals surface area contributed by atoms with Crippen molar-refractivity contribution in [2.45, 2.75) is 95.4 Å². The zero-order chi connectivity index (χ0) is 22.8. The number of fused-ring (bicyclic) bond motifs is 5. The smallest absolute Gasteiger partial charge is 0.0527 e. The molecule has 3 saturated carbocycles. The standard InChI is InChI=1S/C29H47IO2/c1-19(2)10-15-29(32-28-18-22-17-26(28)25-9-7-8-24(22)25)31-23-13-11-21(12-14-23)27(30(5)6)16-20(3)4/h11-14,19-20,22,24-29H,7-10,15-18H2,1-6H3. The molecule has 3 fully saturated rings. The van der Waals surface area contributed by atoms with Crippen LogP contribution in [-0.4, -0.2) is 22.3 Å². The van der Waals surface area contributed by atoms with Crippen LogP contribution in [0.25, 0.3) is 0 Å². The Morgan fingerprint density at radius 3 is 2.25 bits per heavy atom. The van der Waals surface area contributed by atoms with Crippen molar-refractivity contribution in [1.82, 2.24) is 0 Å². The van der Waals surface area contributed by atoms with Gasteiger partial charge in [0.2, 0.25) is 0 Å². The Bertz CT molecular complexity index is 712. The van der Waals surface area contributed by atoms with Crippen molar-refractivity contribution in [3.8, 4) is 5.75 Å². The van der Waals surface area contributed by atoms with E-state index in [4.69, 9.17) is 9.47 Å². The van der Waals surface area contributed by atoms with E-state index in [9.17, 15) is 0 Å². The molecule has 2 bridgehead atoms. The molecule has 0 aliphatic heterocycles. The van der Waals surface area contributed by atoms with E-state index in [1.54, 1.807) is 0 Å². The molecule has 1 aromatic rings. The summed E-state index contributed by atoms with van der Waals surface area (Å²) in [5, 5.41) is 0. The molecule has 3 aliphatic carbocycles. The van der Waals surface area contributed by atoms with E-state index in [0.29, 0.717) is 12.0 Å². The molecule has 3 aliphatic rings. The predicted molar refractivity (Wildman–Crippen MR) is 145 cm³/mol. The van der Waals surface area contributed by atoms with E-state index in [1.807, 2.05) is 0 Å². The molecule has 0 aromatic heterocycles. The van der Waals surface area contributed by atoms with Crippen molar-refractivity contribution in [3.05, 3.63) is 29.8 Å². The first kappa shape index (κ1) is 24.8. The maximum absolute atomic E-state index is 6.76. The number of hydrogen-bond acceptors (Lipinski definition) is 2. The second-order valence-electron chi connectivity index (χ2n) is 11.8. The normalized spacial score (nSPS) is 31.2. The van der Waals surface area contributed by atoms with Crippen LogP contribution in [0.5, 0.6) is 5.75 Å². The molecular formula is C29H47IO2. The van der Waals surface area contributed by atoms with Crippen molar-refractivity contribution in [2.75, 3.05) is 9.86 Å². The fraction of sp³-hybridized carbons (Fsp3) is 0.793. The Morgan fingerprint density at radius 1 is 0.875 bits per heavy atom. The molecular weight excluding hydrogens is 507 g/mol. The summed E-state index contributed by atoms with van der Waals surface area (Å²) in [6.45, 7) is 9.31.